The highest BCUT2D eigenvalue weighted by Crippen LogP contribution is 2.44. The van der Waals surface area contributed by atoms with Gasteiger partial charge in [-0.2, -0.15) is 0 Å². The molecule has 3 atom stereocenters. The molecular formula is C16H23N3O2. The topological polar surface area (TPSA) is 66.3 Å². The molecule has 1 aromatic rings. The summed E-state index contributed by atoms with van der Waals surface area (Å²) in [6.45, 7) is 4.22. The molecule has 2 fully saturated rings. The second-order valence-corrected chi connectivity index (χ2v) is 6.47. The average molecular weight is 289 g/mol. The van der Waals surface area contributed by atoms with Gasteiger partial charge in [-0.1, -0.05) is 0 Å². The maximum absolute atomic E-state index is 11.0. The fourth-order valence-electron chi connectivity index (χ4n) is 4.34. The summed E-state index contributed by atoms with van der Waals surface area (Å²) in [6, 6.07) is 1.27. The normalized spacial score (nSPS) is 30.3. The lowest BCUT2D eigenvalue weighted by molar-refractivity contribution is -0.138. The van der Waals surface area contributed by atoms with Crippen molar-refractivity contribution in [3.63, 3.8) is 0 Å². The van der Waals surface area contributed by atoms with Crippen LogP contribution in [0.25, 0.3) is 0 Å². The number of carbonyl (C=O) groups is 1. The van der Waals surface area contributed by atoms with Crippen molar-refractivity contribution in [2.24, 2.45) is 5.92 Å². The Morgan fingerprint density at radius 3 is 2.52 bits per heavy atom. The molecule has 21 heavy (non-hydrogen) atoms. The van der Waals surface area contributed by atoms with Crippen molar-refractivity contribution in [3.8, 4) is 0 Å². The van der Waals surface area contributed by atoms with Gasteiger partial charge in [0.1, 0.15) is 0 Å². The van der Waals surface area contributed by atoms with E-state index in [0.717, 1.165) is 24.2 Å². The Morgan fingerprint density at radius 2 is 1.95 bits per heavy atom. The molecule has 2 saturated heterocycles. The van der Waals surface area contributed by atoms with Crippen LogP contribution in [0.3, 0.4) is 0 Å². The molecule has 2 bridgehead atoms. The highest BCUT2D eigenvalue weighted by Gasteiger charge is 2.43. The maximum atomic E-state index is 11.0. The molecule has 0 aliphatic carbocycles. The van der Waals surface area contributed by atoms with E-state index in [4.69, 9.17) is 5.11 Å². The van der Waals surface area contributed by atoms with E-state index in [1.54, 1.807) is 12.4 Å². The molecule has 2 aliphatic rings. The third-order valence-corrected chi connectivity index (χ3v) is 5.11. The van der Waals surface area contributed by atoms with Gasteiger partial charge in [0, 0.05) is 30.9 Å². The zero-order chi connectivity index (χ0) is 15.0. The molecule has 0 saturated carbocycles. The number of fused-ring (bicyclic) bond motifs is 2. The maximum Gasteiger partial charge on any atom is 0.303 e. The smallest absolute Gasteiger partial charge is 0.303 e. The Balaban J connectivity index is 1.76. The van der Waals surface area contributed by atoms with E-state index >= 15 is 0 Å². The highest BCUT2D eigenvalue weighted by molar-refractivity contribution is 5.67. The summed E-state index contributed by atoms with van der Waals surface area (Å²) in [4.78, 5) is 22.4. The van der Waals surface area contributed by atoms with Crippen LogP contribution >= 0.6 is 0 Å². The lowest BCUT2D eigenvalue weighted by Gasteiger charge is -2.42. The van der Waals surface area contributed by atoms with Gasteiger partial charge < -0.3 is 5.11 Å². The molecule has 2 aliphatic heterocycles. The predicted molar refractivity (Wildman–Crippen MR) is 78.8 cm³/mol. The molecule has 3 rings (SSSR count). The van der Waals surface area contributed by atoms with Gasteiger partial charge in [-0.05, 0) is 45.4 Å². The van der Waals surface area contributed by atoms with E-state index in [0.29, 0.717) is 24.4 Å². The zero-order valence-corrected chi connectivity index (χ0v) is 12.7. The zero-order valence-electron chi connectivity index (χ0n) is 12.7. The van der Waals surface area contributed by atoms with Crippen LogP contribution in [0, 0.1) is 12.8 Å². The first-order chi connectivity index (χ1) is 10.1. The van der Waals surface area contributed by atoms with Gasteiger partial charge in [-0.3, -0.25) is 19.7 Å². The molecule has 0 spiro atoms. The monoisotopic (exact) mass is 289 g/mol. The molecule has 0 aromatic carbocycles. The van der Waals surface area contributed by atoms with Crippen LogP contribution in [0.5, 0.6) is 0 Å². The number of carboxylic acid groups (broad SMARTS) is 1. The number of carboxylic acids is 1. The second-order valence-electron chi connectivity index (χ2n) is 6.47. The minimum absolute atomic E-state index is 0.266. The van der Waals surface area contributed by atoms with Gasteiger partial charge in [0.05, 0.1) is 17.4 Å². The van der Waals surface area contributed by atoms with Crippen LogP contribution in [0.2, 0.25) is 0 Å². The van der Waals surface area contributed by atoms with Crippen molar-refractivity contribution in [1.82, 2.24) is 14.9 Å². The summed E-state index contributed by atoms with van der Waals surface area (Å²) in [7, 11) is 0. The van der Waals surface area contributed by atoms with Gasteiger partial charge in [-0.15, -0.1) is 0 Å². The fraction of sp³-hybridized carbons (Fsp3) is 0.688. The van der Waals surface area contributed by atoms with Gasteiger partial charge in [-0.25, -0.2) is 0 Å². The van der Waals surface area contributed by atoms with Crippen molar-refractivity contribution >= 4 is 5.97 Å². The quantitative estimate of drug-likeness (QED) is 0.922. The van der Waals surface area contributed by atoms with E-state index in [-0.39, 0.29) is 6.04 Å². The third kappa shape index (κ3) is 2.79. The van der Waals surface area contributed by atoms with Crippen LogP contribution in [0.4, 0.5) is 0 Å². The van der Waals surface area contributed by atoms with E-state index in [1.165, 1.54) is 12.8 Å². The molecule has 3 heterocycles. The molecule has 5 nitrogen and oxygen atoms in total. The summed E-state index contributed by atoms with van der Waals surface area (Å²) < 4.78 is 0. The lowest BCUT2D eigenvalue weighted by atomic mass is 9.87. The lowest BCUT2D eigenvalue weighted by Crippen LogP contribution is -2.45. The molecular weight excluding hydrogens is 266 g/mol. The Kier molecular flexibility index (Phi) is 3.93. The van der Waals surface area contributed by atoms with Crippen molar-refractivity contribution in [2.75, 3.05) is 0 Å². The molecule has 0 radical (unpaired) electrons. The van der Waals surface area contributed by atoms with Gasteiger partial charge in [0.25, 0.3) is 0 Å². The van der Waals surface area contributed by atoms with Crippen molar-refractivity contribution < 1.29 is 9.90 Å². The SMILES string of the molecule is Cc1nccnc1C(C)N1C2CCC1CC(CC(=O)O)C2. The van der Waals surface area contributed by atoms with Crippen LogP contribution in [-0.4, -0.2) is 38.0 Å². The Morgan fingerprint density at radius 1 is 1.33 bits per heavy atom. The molecule has 1 N–H and O–H groups in total. The van der Waals surface area contributed by atoms with E-state index in [9.17, 15) is 4.79 Å². The van der Waals surface area contributed by atoms with Gasteiger partial charge in [0.2, 0.25) is 0 Å². The first kappa shape index (κ1) is 14.4. The number of hydrogen-bond acceptors (Lipinski definition) is 4. The predicted octanol–water partition coefficient (Wildman–Crippen LogP) is 2.56. The summed E-state index contributed by atoms with van der Waals surface area (Å²) in [6.07, 6.45) is 8.20. The summed E-state index contributed by atoms with van der Waals surface area (Å²) in [5, 5.41) is 9.02. The van der Waals surface area contributed by atoms with Crippen molar-refractivity contribution in [1.29, 1.82) is 0 Å². The number of rotatable bonds is 4. The van der Waals surface area contributed by atoms with Gasteiger partial charge >= 0.3 is 5.97 Å². The van der Waals surface area contributed by atoms with E-state index < -0.39 is 5.97 Å². The number of hydrogen-bond donors (Lipinski definition) is 1. The average Bonchev–Trinajstić information content (AvgIpc) is 2.69. The number of aromatic nitrogens is 2. The van der Waals surface area contributed by atoms with E-state index in [2.05, 4.69) is 21.8 Å². The van der Waals surface area contributed by atoms with Crippen molar-refractivity contribution in [3.05, 3.63) is 23.8 Å². The Bertz CT molecular complexity index is 520. The Hall–Kier alpha value is -1.49. The minimum Gasteiger partial charge on any atom is -0.481 e. The van der Waals surface area contributed by atoms with Crippen molar-refractivity contribution in [2.45, 2.75) is 64.1 Å². The fourth-order valence-corrected chi connectivity index (χ4v) is 4.34. The second kappa shape index (κ2) is 5.72. The summed E-state index contributed by atoms with van der Waals surface area (Å²) in [5.74, 6) is -0.322. The Labute approximate surface area is 125 Å². The van der Waals surface area contributed by atoms with Gasteiger partial charge in [0.15, 0.2) is 0 Å². The molecule has 1 aromatic heterocycles. The highest BCUT2D eigenvalue weighted by atomic mass is 16.4. The minimum atomic E-state index is -0.661. The number of piperidine rings is 1. The number of aliphatic carboxylic acids is 1. The van der Waals surface area contributed by atoms with Crippen LogP contribution in [-0.2, 0) is 4.79 Å². The van der Waals surface area contributed by atoms with Crippen LogP contribution < -0.4 is 0 Å². The van der Waals surface area contributed by atoms with Crippen LogP contribution in [0.15, 0.2) is 12.4 Å². The van der Waals surface area contributed by atoms with Crippen LogP contribution in [0.1, 0.15) is 56.5 Å². The van der Waals surface area contributed by atoms with E-state index in [1.807, 2.05) is 6.92 Å². The molecule has 5 heteroatoms. The number of nitrogens with zero attached hydrogens (tertiary/aromatic N) is 3. The molecule has 114 valence electrons. The molecule has 3 unspecified atom stereocenters. The standard InChI is InChI=1S/C16H23N3O2/c1-10-16(18-6-5-17-10)11(2)19-13-3-4-14(19)8-12(7-13)9-15(20)21/h5-6,11-14H,3-4,7-9H2,1-2H3,(H,20,21). The largest absolute Gasteiger partial charge is 0.481 e. The third-order valence-electron chi connectivity index (χ3n) is 5.11. The summed E-state index contributed by atoms with van der Waals surface area (Å²) >= 11 is 0. The first-order valence-electron chi connectivity index (χ1n) is 7.83. The molecule has 0 amide bonds. The number of aryl methyl sites for hydroxylation is 1. The first-order valence-corrected chi connectivity index (χ1v) is 7.83. The summed E-state index contributed by atoms with van der Waals surface area (Å²) in [5.41, 5.74) is 2.06.